The topological polar surface area (TPSA) is 144 Å². The highest BCUT2D eigenvalue weighted by Gasteiger charge is 2.31. The van der Waals surface area contributed by atoms with Gasteiger partial charge in [0.2, 0.25) is 15.8 Å². The number of ketones is 2. The lowest BCUT2D eigenvalue weighted by molar-refractivity contribution is -0.138. The number of anilines is 1. The largest absolute Gasteiger partial charge is 0.481 e. The van der Waals surface area contributed by atoms with Gasteiger partial charge in [-0.05, 0) is 30.7 Å². The van der Waals surface area contributed by atoms with Crippen LogP contribution in [0, 0.1) is 0 Å². The number of aliphatic carboxylic acids is 1. The van der Waals surface area contributed by atoms with Crippen molar-refractivity contribution < 1.29 is 27.9 Å². The van der Waals surface area contributed by atoms with E-state index < -0.39 is 38.4 Å². The number of primary sulfonamides is 1. The standard InChI is InChI=1S/C19H16N2O6S/c1-10(19(24)25)11-5-7-12(8-6-11)21-14-9-15(22)17-13(18(14)23)3-2-4-16(17)28(20,26)27/h2-10,21H,1H3,(H,24,25)(H2,20,26,27)/t10-/m1/s1. The maximum Gasteiger partial charge on any atom is 0.310 e. The first-order valence-corrected chi connectivity index (χ1v) is 9.70. The lowest BCUT2D eigenvalue weighted by atomic mass is 9.92. The van der Waals surface area contributed by atoms with Gasteiger partial charge in [0.05, 0.1) is 22.1 Å². The van der Waals surface area contributed by atoms with Gasteiger partial charge in [-0.25, -0.2) is 13.6 Å². The number of hydrogen-bond donors (Lipinski definition) is 3. The average molecular weight is 400 g/mol. The number of carbonyl (C=O) groups excluding carboxylic acids is 2. The summed E-state index contributed by atoms with van der Waals surface area (Å²) in [7, 11) is -4.17. The Morgan fingerprint density at radius 3 is 2.32 bits per heavy atom. The molecule has 1 aliphatic carbocycles. The normalized spacial score (nSPS) is 14.9. The molecule has 0 aromatic heterocycles. The fraction of sp³-hybridized carbons (Fsp3) is 0.105. The van der Waals surface area contributed by atoms with E-state index in [-0.39, 0.29) is 16.8 Å². The second-order valence-corrected chi connectivity index (χ2v) is 7.81. The molecule has 28 heavy (non-hydrogen) atoms. The zero-order valence-corrected chi connectivity index (χ0v) is 15.5. The van der Waals surface area contributed by atoms with Crippen LogP contribution >= 0.6 is 0 Å². The molecule has 1 atom stereocenters. The number of nitrogens with two attached hydrogens (primary N) is 1. The highest BCUT2D eigenvalue weighted by molar-refractivity contribution is 7.89. The van der Waals surface area contributed by atoms with Gasteiger partial charge in [-0.15, -0.1) is 0 Å². The zero-order valence-electron chi connectivity index (χ0n) is 14.7. The minimum Gasteiger partial charge on any atom is -0.481 e. The van der Waals surface area contributed by atoms with Crippen LogP contribution in [0.3, 0.4) is 0 Å². The molecule has 3 rings (SSSR count). The summed E-state index contributed by atoms with van der Waals surface area (Å²) in [5.74, 6) is -2.85. The van der Waals surface area contributed by atoms with Crippen molar-refractivity contribution in [2.45, 2.75) is 17.7 Å². The van der Waals surface area contributed by atoms with Crippen LogP contribution in [0.25, 0.3) is 0 Å². The number of fused-ring (bicyclic) bond motifs is 1. The third kappa shape index (κ3) is 3.57. The number of carbonyl (C=O) groups is 3. The van der Waals surface area contributed by atoms with Gasteiger partial charge in [-0.3, -0.25) is 14.4 Å². The monoisotopic (exact) mass is 400 g/mol. The van der Waals surface area contributed by atoms with Crippen LogP contribution in [-0.2, 0) is 14.8 Å². The van der Waals surface area contributed by atoms with Crippen LogP contribution in [0.2, 0.25) is 0 Å². The number of allylic oxidation sites excluding steroid dienone is 2. The van der Waals surface area contributed by atoms with Gasteiger partial charge < -0.3 is 10.4 Å². The Kier molecular flexibility index (Phi) is 4.88. The van der Waals surface area contributed by atoms with E-state index >= 15 is 0 Å². The molecule has 0 saturated heterocycles. The predicted octanol–water partition coefficient (Wildman–Crippen LogP) is 1.90. The van der Waals surface area contributed by atoms with Crippen LogP contribution < -0.4 is 10.5 Å². The summed E-state index contributed by atoms with van der Waals surface area (Å²) in [5, 5.41) is 17.0. The number of Topliss-reactive ketones (excluding diaryl/α,β-unsaturated/α-hetero) is 1. The lowest BCUT2D eigenvalue weighted by Gasteiger charge is -2.18. The van der Waals surface area contributed by atoms with Crippen molar-refractivity contribution in [1.29, 1.82) is 0 Å². The molecule has 0 amide bonds. The molecule has 1 aliphatic rings. The summed E-state index contributed by atoms with van der Waals surface area (Å²) >= 11 is 0. The number of benzene rings is 2. The smallest absolute Gasteiger partial charge is 0.310 e. The van der Waals surface area contributed by atoms with E-state index in [9.17, 15) is 22.8 Å². The van der Waals surface area contributed by atoms with Crippen LogP contribution in [0.4, 0.5) is 5.69 Å². The van der Waals surface area contributed by atoms with E-state index in [0.29, 0.717) is 11.3 Å². The Labute approximate surface area is 160 Å². The molecule has 9 heteroatoms. The number of carboxylic acid groups (broad SMARTS) is 1. The van der Waals surface area contributed by atoms with Gasteiger partial charge in [0.1, 0.15) is 0 Å². The highest BCUT2D eigenvalue weighted by atomic mass is 32.2. The average Bonchev–Trinajstić information content (AvgIpc) is 2.64. The zero-order chi connectivity index (χ0) is 20.6. The van der Waals surface area contributed by atoms with Gasteiger partial charge in [0.15, 0.2) is 5.78 Å². The molecule has 2 aromatic carbocycles. The first kappa shape index (κ1) is 19.5. The Balaban J connectivity index is 1.93. The Bertz CT molecular complexity index is 1130. The molecule has 4 N–H and O–H groups in total. The summed E-state index contributed by atoms with van der Waals surface area (Å²) in [6, 6.07) is 10.3. The SMILES string of the molecule is C[C@@H](C(=O)O)c1ccc(NC2=CC(=O)c3c(cccc3S(N)(=O)=O)C2=O)cc1. The number of hydrogen-bond acceptors (Lipinski definition) is 6. The van der Waals surface area contributed by atoms with E-state index in [1.165, 1.54) is 18.2 Å². The molecule has 144 valence electrons. The van der Waals surface area contributed by atoms with Gasteiger partial charge in [-0.1, -0.05) is 24.3 Å². The molecule has 0 spiro atoms. The van der Waals surface area contributed by atoms with Crippen molar-refractivity contribution in [2.24, 2.45) is 5.14 Å². The fourth-order valence-corrected chi connectivity index (χ4v) is 3.63. The minimum atomic E-state index is -4.17. The summed E-state index contributed by atoms with van der Waals surface area (Å²) in [4.78, 5) is 35.8. The minimum absolute atomic E-state index is 0.0249. The van der Waals surface area contributed by atoms with Crippen molar-refractivity contribution in [3.63, 3.8) is 0 Å². The molecule has 8 nitrogen and oxygen atoms in total. The molecule has 0 bridgehead atoms. The Hall–Kier alpha value is -3.30. The van der Waals surface area contributed by atoms with Crippen LogP contribution in [0.1, 0.15) is 39.1 Å². The van der Waals surface area contributed by atoms with Gasteiger partial charge in [-0.2, -0.15) is 0 Å². The molecule has 0 unspecified atom stereocenters. The maximum absolute atomic E-state index is 12.7. The molecule has 0 heterocycles. The van der Waals surface area contributed by atoms with E-state index in [0.717, 1.165) is 6.08 Å². The fourth-order valence-electron chi connectivity index (χ4n) is 2.87. The quantitative estimate of drug-likeness (QED) is 0.695. The Morgan fingerprint density at radius 1 is 1.11 bits per heavy atom. The summed E-state index contributed by atoms with van der Waals surface area (Å²) < 4.78 is 23.4. The van der Waals surface area contributed by atoms with Crippen molar-refractivity contribution in [3.05, 3.63) is 70.9 Å². The van der Waals surface area contributed by atoms with Crippen molar-refractivity contribution in [3.8, 4) is 0 Å². The number of nitrogens with one attached hydrogen (secondary N) is 1. The molecule has 2 aromatic rings. The van der Waals surface area contributed by atoms with E-state index in [2.05, 4.69) is 5.32 Å². The second-order valence-electron chi connectivity index (χ2n) is 6.28. The van der Waals surface area contributed by atoms with Gasteiger partial charge in [0.25, 0.3) is 0 Å². The van der Waals surface area contributed by atoms with E-state index in [1.807, 2.05) is 0 Å². The van der Waals surface area contributed by atoms with Crippen LogP contribution in [-0.4, -0.2) is 31.1 Å². The molecular formula is C19H16N2O6S. The van der Waals surface area contributed by atoms with Crippen molar-refractivity contribution in [2.75, 3.05) is 5.32 Å². The van der Waals surface area contributed by atoms with E-state index in [4.69, 9.17) is 10.2 Å². The van der Waals surface area contributed by atoms with Crippen LogP contribution in [0.15, 0.2) is 59.1 Å². The molecule has 0 fully saturated rings. The van der Waals surface area contributed by atoms with E-state index in [1.54, 1.807) is 31.2 Å². The number of rotatable bonds is 5. The summed E-state index contributed by atoms with van der Waals surface area (Å²) in [6.45, 7) is 1.55. The van der Waals surface area contributed by atoms with Crippen molar-refractivity contribution >= 4 is 33.2 Å². The third-order valence-corrected chi connectivity index (χ3v) is 5.36. The second kappa shape index (κ2) is 7.02. The van der Waals surface area contributed by atoms with Crippen molar-refractivity contribution in [1.82, 2.24) is 0 Å². The molecular weight excluding hydrogens is 384 g/mol. The lowest BCUT2D eigenvalue weighted by Crippen LogP contribution is -2.25. The maximum atomic E-state index is 12.7. The molecule has 0 radical (unpaired) electrons. The predicted molar refractivity (Wildman–Crippen MR) is 101 cm³/mol. The first-order valence-electron chi connectivity index (χ1n) is 8.16. The number of carboxylic acids is 1. The Morgan fingerprint density at radius 2 is 1.75 bits per heavy atom. The summed E-state index contributed by atoms with van der Waals surface area (Å²) in [6.07, 6.45) is 1.02. The molecule has 0 saturated carbocycles. The van der Waals surface area contributed by atoms with Gasteiger partial charge in [0, 0.05) is 17.3 Å². The van der Waals surface area contributed by atoms with Gasteiger partial charge >= 0.3 is 5.97 Å². The highest BCUT2D eigenvalue weighted by Crippen LogP contribution is 2.28. The molecule has 0 aliphatic heterocycles. The summed E-state index contributed by atoms with van der Waals surface area (Å²) in [5.41, 5.74) is 0.730. The first-order chi connectivity index (χ1) is 13.1. The van der Waals surface area contributed by atoms with Crippen LogP contribution in [0.5, 0.6) is 0 Å². The number of sulfonamides is 1. The third-order valence-electron chi connectivity index (χ3n) is 4.40.